The number of nitrogens with one attached hydrogen (secondary N) is 1. The monoisotopic (exact) mass is 267 g/mol. The summed E-state index contributed by atoms with van der Waals surface area (Å²) in [6.45, 7) is 5.96. The SMILES string of the molecule is CCCCOCCNCCSCc1ccccc1. The predicted molar refractivity (Wildman–Crippen MR) is 81.2 cm³/mol. The molecule has 1 aromatic carbocycles. The number of ether oxygens (including phenoxy) is 1. The average Bonchev–Trinajstić information content (AvgIpc) is 2.42. The maximum absolute atomic E-state index is 5.48. The summed E-state index contributed by atoms with van der Waals surface area (Å²) >= 11 is 1.97. The maximum Gasteiger partial charge on any atom is 0.0590 e. The summed E-state index contributed by atoms with van der Waals surface area (Å²) in [5, 5.41) is 3.40. The normalized spacial score (nSPS) is 10.7. The van der Waals surface area contributed by atoms with Crippen LogP contribution in [0.3, 0.4) is 0 Å². The summed E-state index contributed by atoms with van der Waals surface area (Å²) in [6.07, 6.45) is 2.39. The lowest BCUT2D eigenvalue weighted by Gasteiger charge is -2.06. The van der Waals surface area contributed by atoms with E-state index in [2.05, 4.69) is 42.6 Å². The van der Waals surface area contributed by atoms with Gasteiger partial charge in [-0.25, -0.2) is 0 Å². The second kappa shape index (κ2) is 11.6. The molecule has 1 rings (SSSR count). The minimum Gasteiger partial charge on any atom is -0.380 e. The highest BCUT2D eigenvalue weighted by Gasteiger charge is 1.93. The zero-order chi connectivity index (χ0) is 12.9. The molecule has 0 aliphatic carbocycles. The number of hydrogen-bond acceptors (Lipinski definition) is 3. The molecule has 1 aromatic rings. The Morgan fingerprint density at radius 3 is 2.72 bits per heavy atom. The zero-order valence-corrected chi connectivity index (χ0v) is 12.2. The summed E-state index contributed by atoms with van der Waals surface area (Å²) in [5.41, 5.74) is 1.41. The molecule has 0 aliphatic rings. The van der Waals surface area contributed by atoms with Crippen molar-refractivity contribution in [2.24, 2.45) is 0 Å². The van der Waals surface area contributed by atoms with Crippen LogP contribution in [0.5, 0.6) is 0 Å². The Bertz CT molecular complexity index is 279. The van der Waals surface area contributed by atoms with Crippen LogP contribution >= 0.6 is 11.8 Å². The van der Waals surface area contributed by atoms with Gasteiger partial charge in [-0.15, -0.1) is 0 Å². The van der Waals surface area contributed by atoms with Gasteiger partial charge in [-0.3, -0.25) is 0 Å². The molecule has 18 heavy (non-hydrogen) atoms. The van der Waals surface area contributed by atoms with Crippen LogP contribution in [0.15, 0.2) is 30.3 Å². The minimum atomic E-state index is 0.837. The van der Waals surface area contributed by atoms with Crippen molar-refractivity contribution in [2.75, 3.05) is 32.1 Å². The number of thioether (sulfide) groups is 1. The molecule has 0 atom stereocenters. The highest BCUT2D eigenvalue weighted by molar-refractivity contribution is 7.98. The molecule has 0 fully saturated rings. The molecule has 3 heteroatoms. The van der Waals surface area contributed by atoms with E-state index in [0.717, 1.165) is 37.8 Å². The second-order valence-corrected chi connectivity index (χ2v) is 5.36. The van der Waals surface area contributed by atoms with Crippen molar-refractivity contribution < 1.29 is 4.74 Å². The minimum absolute atomic E-state index is 0.837. The first kappa shape index (κ1) is 15.5. The number of hydrogen-bond donors (Lipinski definition) is 1. The predicted octanol–water partition coefficient (Wildman–Crippen LogP) is 3.33. The molecule has 102 valence electrons. The van der Waals surface area contributed by atoms with Crippen molar-refractivity contribution in [3.05, 3.63) is 35.9 Å². The molecular formula is C15H25NOS. The highest BCUT2D eigenvalue weighted by Crippen LogP contribution is 2.10. The van der Waals surface area contributed by atoms with Gasteiger partial charge in [-0.05, 0) is 12.0 Å². The van der Waals surface area contributed by atoms with Crippen molar-refractivity contribution >= 4 is 11.8 Å². The van der Waals surface area contributed by atoms with E-state index < -0.39 is 0 Å². The van der Waals surface area contributed by atoms with E-state index in [1.54, 1.807) is 0 Å². The van der Waals surface area contributed by atoms with E-state index >= 15 is 0 Å². The summed E-state index contributed by atoms with van der Waals surface area (Å²) < 4.78 is 5.48. The third-order valence-corrected chi connectivity index (χ3v) is 3.63. The number of rotatable bonds is 11. The first-order valence-corrected chi connectivity index (χ1v) is 7.99. The first-order valence-electron chi connectivity index (χ1n) is 6.83. The van der Waals surface area contributed by atoms with E-state index in [1.165, 1.54) is 18.4 Å². The van der Waals surface area contributed by atoms with Gasteiger partial charge in [0.2, 0.25) is 0 Å². The Labute approximate surface area is 116 Å². The molecule has 0 amide bonds. The Kier molecular flexibility index (Phi) is 10.00. The molecule has 0 radical (unpaired) electrons. The summed E-state index contributed by atoms with van der Waals surface area (Å²) in [7, 11) is 0. The smallest absolute Gasteiger partial charge is 0.0590 e. The van der Waals surface area contributed by atoms with Crippen LogP contribution in [0.1, 0.15) is 25.3 Å². The molecule has 0 unspecified atom stereocenters. The van der Waals surface area contributed by atoms with E-state index in [1.807, 2.05) is 11.8 Å². The molecule has 1 N–H and O–H groups in total. The lowest BCUT2D eigenvalue weighted by atomic mass is 10.2. The van der Waals surface area contributed by atoms with E-state index in [9.17, 15) is 0 Å². The molecule has 0 aliphatic heterocycles. The summed E-state index contributed by atoms with van der Waals surface area (Å²) in [4.78, 5) is 0. The van der Waals surface area contributed by atoms with Gasteiger partial charge in [0.1, 0.15) is 0 Å². The van der Waals surface area contributed by atoms with Crippen molar-refractivity contribution in [2.45, 2.75) is 25.5 Å². The summed E-state index contributed by atoms with van der Waals surface area (Å²) in [6, 6.07) is 10.6. The van der Waals surface area contributed by atoms with Crippen LogP contribution in [-0.2, 0) is 10.5 Å². The fourth-order valence-corrected chi connectivity index (χ4v) is 2.39. The van der Waals surface area contributed by atoms with Gasteiger partial charge >= 0.3 is 0 Å². The van der Waals surface area contributed by atoms with Crippen molar-refractivity contribution in [1.29, 1.82) is 0 Å². The topological polar surface area (TPSA) is 21.3 Å². The van der Waals surface area contributed by atoms with Gasteiger partial charge in [0.15, 0.2) is 0 Å². The quantitative estimate of drug-likeness (QED) is 0.621. The van der Waals surface area contributed by atoms with Gasteiger partial charge in [-0.2, -0.15) is 11.8 Å². The van der Waals surface area contributed by atoms with Gasteiger partial charge in [-0.1, -0.05) is 43.7 Å². The van der Waals surface area contributed by atoms with Gasteiger partial charge < -0.3 is 10.1 Å². The molecular weight excluding hydrogens is 242 g/mol. The fraction of sp³-hybridized carbons (Fsp3) is 0.600. The van der Waals surface area contributed by atoms with Crippen molar-refractivity contribution in [1.82, 2.24) is 5.32 Å². The molecule has 0 saturated carbocycles. The number of unbranched alkanes of at least 4 members (excludes halogenated alkanes) is 1. The third kappa shape index (κ3) is 8.56. The van der Waals surface area contributed by atoms with Crippen LogP contribution < -0.4 is 5.32 Å². The van der Waals surface area contributed by atoms with Gasteiger partial charge in [0.05, 0.1) is 6.61 Å². The largest absolute Gasteiger partial charge is 0.380 e. The maximum atomic E-state index is 5.48. The second-order valence-electron chi connectivity index (χ2n) is 4.25. The molecule has 2 nitrogen and oxygen atoms in total. The lowest BCUT2D eigenvalue weighted by Crippen LogP contribution is -2.22. The van der Waals surface area contributed by atoms with Gasteiger partial charge in [0, 0.05) is 31.2 Å². The zero-order valence-electron chi connectivity index (χ0n) is 11.4. The molecule has 0 heterocycles. The molecule has 0 aromatic heterocycles. The third-order valence-electron chi connectivity index (χ3n) is 2.60. The van der Waals surface area contributed by atoms with E-state index in [-0.39, 0.29) is 0 Å². The van der Waals surface area contributed by atoms with Crippen LogP contribution in [-0.4, -0.2) is 32.1 Å². The summed E-state index contributed by atoms with van der Waals surface area (Å²) in [5.74, 6) is 2.26. The Balaban J connectivity index is 1.82. The van der Waals surface area contributed by atoms with Crippen molar-refractivity contribution in [3.8, 4) is 0 Å². The van der Waals surface area contributed by atoms with Crippen LogP contribution in [0, 0.1) is 0 Å². The average molecular weight is 267 g/mol. The van der Waals surface area contributed by atoms with Crippen LogP contribution in [0.25, 0.3) is 0 Å². The standard InChI is InChI=1S/C15H25NOS/c1-2-3-11-17-12-9-16-10-13-18-14-15-7-5-4-6-8-15/h4-8,16H,2-3,9-14H2,1H3. The molecule has 0 saturated heterocycles. The fourth-order valence-electron chi connectivity index (χ4n) is 1.53. The van der Waals surface area contributed by atoms with Crippen LogP contribution in [0.4, 0.5) is 0 Å². The molecule has 0 spiro atoms. The van der Waals surface area contributed by atoms with E-state index in [4.69, 9.17) is 4.74 Å². The Morgan fingerprint density at radius 2 is 1.94 bits per heavy atom. The van der Waals surface area contributed by atoms with E-state index in [0.29, 0.717) is 0 Å². The Morgan fingerprint density at radius 1 is 1.11 bits per heavy atom. The first-order chi connectivity index (χ1) is 8.93. The Hall–Kier alpha value is -0.510. The highest BCUT2D eigenvalue weighted by atomic mass is 32.2. The van der Waals surface area contributed by atoms with Gasteiger partial charge in [0.25, 0.3) is 0 Å². The number of benzene rings is 1. The molecule has 0 bridgehead atoms. The van der Waals surface area contributed by atoms with Crippen LogP contribution in [0.2, 0.25) is 0 Å². The lowest BCUT2D eigenvalue weighted by molar-refractivity contribution is 0.133. The van der Waals surface area contributed by atoms with Crippen molar-refractivity contribution in [3.63, 3.8) is 0 Å².